The van der Waals surface area contributed by atoms with E-state index in [1.165, 1.54) is 0 Å². The first kappa shape index (κ1) is 10.2. The van der Waals surface area contributed by atoms with Crippen LogP contribution in [0.25, 0.3) is 11.3 Å². The molecule has 0 fully saturated rings. The molecule has 0 spiro atoms. The minimum absolute atomic E-state index is 0.417. The van der Waals surface area contributed by atoms with E-state index in [2.05, 4.69) is 4.98 Å². The largest absolute Gasteiger partial charge is 0.497 e. The maximum atomic E-state index is 8.77. The summed E-state index contributed by atoms with van der Waals surface area (Å²) < 4.78 is 5.14. The molecule has 1 aromatic carbocycles. The Labute approximate surface area is 93.9 Å². The SMILES string of the molecule is COc1cccc(-c2cccc(C#N)n2)c1. The zero-order valence-electron chi connectivity index (χ0n) is 8.84. The molecule has 3 nitrogen and oxygen atoms in total. The molecule has 1 aromatic heterocycles. The van der Waals surface area contributed by atoms with E-state index in [1.807, 2.05) is 42.5 Å². The highest BCUT2D eigenvalue weighted by molar-refractivity contribution is 5.61. The van der Waals surface area contributed by atoms with Crippen molar-refractivity contribution >= 4 is 0 Å². The van der Waals surface area contributed by atoms with Crippen LogP contribution < -0.4 is 4.74 Å². The number of pyridine rings is 1. The molecule has 0 aliphatic carbocycles. The molecule has 0 saturated carbocycles. The lowest BCUT2D eigenvalue weighted by Crippen LogP contribution is -1.88. The highest BCUT2D eigenvalue weighted by Crippen LogP contribution is 2.21. The minimum atomic E-state index is 0.417. The van der Waals surface area contributed by atoms with Crippen LogP contribution >= 0.6 is 0 Å². The number of hydrogen-bond acceptors (Lipinski definition) is 3. The van der Waals surface area contributed by atoms with Gasteiger partial charge in [0.15, 0.2) is 0 Å². The van der Waals surface area contributed by atoms with Gasteiger partial charge in [-0.25, -0.2) is 4.98 Å². The molecule has 0 atom stereocenters. The average Bonchev–Trinajstić information content (AvgIpc) is 2.39. The molecule has 16 heavy (non-hydrogen) atoms. The zero-order valence-corrected chi connectivity index (χ0v) is 8.84. The molecule has 3 heteroatoms. The number of nitrogens with zero attached hydrogens (tertiary/aromatic N) is 2. The number of methoxy groups -OCH3 is 1. The first-order chi connectivity index (χ1) is 7.83. The lowest BCUT2D eigenvalue weighted by Gasteiger charge is -2.03. The van der Waals surface area contributed by atoms with E-state index in [1.54, 1.807) is 13.2 Å². The number of rotatable bonds is 2. The molecule has 1 heterocycles. The average molecular weight is 210 g/mol. The van der Waals surface area contributed by atoms with Gasteiger partial charge in [0.05, 0.1) is 12.8 Å². The van der Waals surface area contributed by atoms with Gasteiger partial charge in [-0.05, 0) is 24.3 Å². The molecule has 2 aromatic rings. The van der Waals surface area contributed by atoms with Crippen molar-refractivity contribution in [3.63, 3.8) is 0 Å². The molecule has 0 aliphatic heterocycles. The van der Waals surface area contributed by atoms with Crippen LogP contribution in [-0.4, -0.2) is 12.1 Å². The predicted molar refractivity (Wildman–Crippen MR) is 60.9 cm³/mol. The third kappa shape index (κ3) is 2.01. The molecule has 0 amide bonds. The summed E-state index contributed by atoms with van der Waals surface area (Å²) in [4.78, 5) is 4.22. The van der Waals surface area contributed by atoms with Gasteiger partial charge in [0, 0.05) is 5.56 Å². The van der Waals surface area contributed by atoms with Crippen molar-refractivity contribution in [2.75, 3.05) is 7.11 Å². The third-order valence-corrected chi connectivity index (χ3v) is 2.23. The van der Waals surface area contributed by atoms with Crippen molar-refractivity contribution in [1.29, 1.82) is 5.26 Å². The smallest absolute Gasteiger partial charge is 0.141 e. The Bertz CT molecular complexity index is 544. The normalized spacial score (nSPS) is 9.50. The standard InChI is InChI=1S/C13H10N2O/c1-16-12-6-2-4-10(8-12)13-7-3-5-11(9-14)15-13/h2-8H,1H3. The van der Waals surface area contributed by atoms with Crippen molar-refractivity contribution in [2.45, 2.75) is 0 Å². The molecule has 0 bridgehead atoms. The van der Waals surface area contributed by atoms with Crippen molar-refractivity contribution in [3.8, 4) is 23.1 Å². The lowest BCUT2D eigenvalue weighted by atomic mass is 10.1. The van der Waals surface area contributed by atoms with Gasteiger partial charge in [0.1, 0.15) is 17.5 Å². The number of nitriles is 1. The fourth-order valence-corrected chi connectivity index (χ4v) is 1.44. The summed E-state index contributed by atoms with van der Waals surface area (Å²) in [6.07, 6.45) is 0. The first-order valence-electron chi connectivity index (χ1n) is 4.85. The summed E-state index contributed by atoms with van der Waals surface area (Å²) in [5.74, 6) is 0.779. The van der Waals surface area contributed by atoms with Crippen LogP contribution in [0.2, 0.25) is 0 Å². The molecule has 0 aliphatic rings. The van der Waals surface area contributed by atoms with Gasteiger partial charge in [-0.2, -0.15) is 5.26 Å². The molecule has 0 N–H and O–H groups in total. The second kappa shape index (κ2) is 4.45. The lowest BCUT2D eigenvalue weighted by molar-refractivity contribution is 0.415. The molecule has 78 valence electrons. The summed E-state index contributed by atoms with van der Waals surface area (Å²) in [5.41, 5.74) is 2.13. The van der Waals surface area contributed by atoms with Crippen LogP contribution in [0.4, 0.5) is 0 Å². The van der Waals surface area contributed by atoms with E-state index in [4.69, 9.17) is 10.00 Å². The Hall–Kier alpha value is -2.34. The maximum Gasteiger partial charge on any atom is 0.141 e. The quantitative estimate of drug-likeness (QED) is 0.765. The number of aromatic nitrogens is 1. The Kier molecular flexibility index (Phi) is 2.84. The molecule has 2 rings (SSSR count). The summed E-state index contributed by atoms with van der Waals surface area (Å²) in [5, 5.41) is 8.77. The molecular weight excluding hydrogens is 200 g/mol. The van der Waals surface area contributed by atoms with E-state index in [9.17, 15) is 0 Å². The summed E-state index contributed by atoms with van der Waals surface area (Å²) in [7, 11) is 1.62. The Balaban J connectivity index is 2.46. The minimum Gasteiger partial charge on any atom is -0.497 e. The highest BCUT2D eigenvalue weighted by Gasteiger charge is 2.01. The Morgan fingerprint density at radius 3 is 2.75 bits per heavy atom. The third-order valence-electron chi connectivity index (χ3n) is 2.23. The Morgan fingerprint density at radius 1 is 1.19 bits per heavy atom. The maximum absolute atomic E-state index is 8.77. The van der Waals surface area contributed by atoms with Crippen molar-refractivity contribution in [2.24, 2.45) is 0 Å². The van der Waals surface area contributed by atoms with Gasteiger partial charge < -0.3 is 4.74 Å². The fraction of sp³-hybridized carbons (Fsp3) is 0.0769. The fourth-order valence-electron chi connectivity index (χ4n) is 1.44. The van der Waals surface area contributed by atoms with Crippen LogP contribution in [0.1, 0.15) is 5.69 Å². The second-order valence-electron chi connectivity index (χ2n) is 3.25. The van der Waals surface area contributed by atoms with E-state index < -0.39 is 0 Å². The molecule has 0 saturated heterocycles. The predicted octanol–water partition coefficient (Wildman–Crippen LogP) is 2.63. The van der Waals surface area contributed by atoms with Gasteiger partial charge in [-0.3, -0.25) is 0 Å². The zero-order chi connectivity index (χ0) is 11.4. The van der Waals surface area contributed by atoms with E-state index >= 15 is 0 Å². The van der Waals surface area contributed by atoms with Crippen LogP contribution in [0, 0.1) is 11.3 Å². The molecular formula is C13H10N2O. The van der Waals surface area contributed by atoms with Crippen LogP contribution in [-0.2, 0) is 0 Å². The topological polar surface area (TPSA) is 45.9 Å². The molecule has 0 unspecified atom stereocenters. The van der Waals surface area contributed by atoms with E-state index in [-0.39, 0.29) is 0 Å². The molecule has 0 radical (unpaired) electrons. The van der Waals surface area contributed by atoms with E-state index in [0.29, 0.717) is 5.69 Å². The van der Waals surface area contributed by atoms with Crippen LogP contribution in [0.15, 0.2) is 42.5 Å². The Morgan fingerprint density at radius 2 is 2.00 bits per heavy atom. The van der Waals surface area contributed by atoms with Crippen molar-refractivity contribution in [1.82, 2.24) is 4.98 Å². The summed E-state index contributed by atoms with van der Waals surface area (Å²) in [6.45, 7) is 0. The van der Waals surface area contributed by atoms with Gasteiger partial charge in [-0.15, -0.1) is 0 Å². The van der Waals surface area contributed by atoms with Crippen LogP contribution in [0.3, 0.4) is 0 Å². The summed E-state index contributed by atoms with van der Waals surface area (Å²) >= 11 is 0. The van der Waals surface area contributed by atoms with Gasteiger partial charge in [-0.1, -0.05) is 18.2 Å². The van der Waals surface area contributed by atoms with E-state index in [0.717, 1.165) is 17.0 Å². The monoisotopic (exact) mass is 210 g/mol. The number of ether oxygens (including phenoxy) is 1. The van der Waals surface area contributed by atoms with Crippen molar-refractivity contribution < 1.29 is 4.74 Å². The second-order valence-corrected chi connectivity index (χ2v) is 3.25. The van der Waals surface area contributed by atoms with Gasteiger partial charge in [0.25, 0.3) is 0 Å². The number of hydrogen-bond donors (Lipinski definition) is 0. The first-order valence-corrected chi connectivity index (χ1v) is 4.85. The van der Waals surface area contributed by atoms with Gasteiger partial charge >= 0.3 is 0 Å². The van der Waals surface area contributed by atoms with Crippen LogP contribution in [0.5, 0.6) is 5.75 Å². The van der Waals surface area contributed by atoms with Gasteiger partial charge in [0.2, 0.25) is 0 Å². The summed E-state index contributed by atoms with van der Waals surface area (Å²) in [6, 6.07) is 15.0. The number of benzene rings is 1. The highest BCUT2D eigenvalue weighted by atomic mass is 16.5. The van der Waals surface area contributed by atoms with Crippen molar-refractivity contribution in [3.05, 3.63) is 48.2 Å².